The Bertz CT molecular complexity index is 567. The van der Waals surface area contributed by atoms with Gasteiger partial charge >= 0.3 is 0 Å². The van der Waals surface area contributed by atoms with E-state index in [1.807, 2.05) is 0 Å². The number of nitrogens with one attached hydrogen (secondary N) is 1. The van der Waals surface area contributed by atoms with Crippen LogP contribution in [-0.2, 0) is 10.0 Å². The number of rotatable bonds is 5. The summed E-state index contributed by atoms with van der Waals surface area (Å²) in [6.07, 6.45) is 1.71. The second-order valence-electron chi connectivity index (χ2n) is 5.05. The fourth-order valence-corrected chi connectivity index (χ4v) is 3.72. The highest BCUT2D eigenvalue weighted by molar-refractivity contribution is 7.89. The van der Waals surface area contributed by atoms with Crippen molar-refractivity contribution >= 4 is 10.0 Å². The Balaban J connectivity index is 2.38. The van der Waals surface area contributed by atoms with Gasteiger partial charge < -0.3 is 5.73 Å². The van der Waals surface area contributed by atoms with Gasteiger partial charge in [0, 0.05) is 12.1 Å². The SMILES string of the molecule is CC(CN)(NS(=O)(=O)c1c(F)cccc1F)C1CC1. The van der Waals surface area contributed by atoms with Crippen LogP contribution in [-0.4, -0.2) is 20.5 Å². The Kier molecular flexibility index (Phi) is 3.63. The first-order valence-corrected chi connectivity index (χ1v) is 7.46. The zero-order valence-electron chi connectivity index (χ0n) is 10.5. The molecule has 7 heteroatoms. The fraction of sp³-hybridized carbons (Fsp3) is 0.500. The third-order valence-corrected chi connectivity index (χ3v) is 5.12. The van der Waals surface area contributed by atoms with Crippen molar-refractivity contribution in [1.29, 1.82) is 0 Å². The maximum absolute atomic E-state index is 13.6. The molecular weight excluding hydrogens is 274 g/mol. The van der Waals surface area contributed by atoms with Crippen LogP contribution < -0.4 is 10.5 Å². The van der Waals surface area contributed by atoms with Gasteiger partial charge in [0.05, 0.1) is 0 Å². The summed E-state index contributed by atoms with van der Waals surface area (Å²) in [5.74, 6) is -2.10. The van der Waals surface area contributed by atoms with Crippen LogP contribution in [0.2, 0.25) is 0 Å². The first-order chi connectivity index (χ1) is 8.80. The quantitative estimate of drug-likeness (QED) is 0.860. The molecule has 0 aliphatic heterocycles. The van der Waals surface area contributed by atoms with Gasteiger partial charge in [-0.3, -0.25) is 0 Å². The van der Waals surface area contributed by atoms with Gasteiger partial charge in [-0.2, -0.15) is 0 Å². The van der Waals surface area contributed by atoms with E-state index in [-0.39, 0.29) is 12.5 Å². The van der Waals surface area contributed by atoms with Crippen molar-refractivity contribution in [2.24, 2.45) is 11.7 Å². The molecule has 0 amide bonds. The molecule has 19 heavy (non-hydrogen) atoms. The summed E-state index contributed by atoms with van der Waals surface area (Å²) in [7, 11) is -4.28. The van der Waals surface area contributed by atoms with E-state index in [2.05, 4.69) is 4.72 Å². The van der Waals surface area contributed by atoms with Crippen molar-refractivity contribution in [2.45, 2.75) is 30.2 Å². The maximum Gasteiger partial charge on any atom is 0.246 e. The number of sulfonamides is 1. The monoisotopic (exact) mass is 290 g/mol. The lowest BCUT2D eigenvalue weighted by molar-refractivity contribution is 0.372. The lowest BCUT2D eigenvalue weighted by atomic mass is 9.98. The molecule has 1 saturated carbocycles. The van der Waals surface area contributed by atoms with E-state index in [0.717, 1.165) is 31.0 Å². The van der Waals surface area contributed by atoms with Gasteiger partial charge in [0.25, 0.3) is 0 Å². The Hall–Kier alpha value is -1.05. The van der Waals surface area contributed by atoms with Crippen LogP contribution >= 0.6 is 0 Å². The largest absolute Gasteiger partial charge is 0.329 e. The lowest BCUT2D eigenvalue weighted by Crippen LogP contribution is -2.53. The standard InChI is InChI=1S/C12H16F2N2O2S/c1-12(7-15,8-5-6-8)16-19(17,18)11-9(13)3-2-4-10(11)14/h2-4,8,16H,5-7,15H2,1H3. The molecule has 1 aliphatic carbocycles. The summed E-state index contributed by atoms with van der Waals surface area (Å²) < 4.78 is 53.7. The number of hydrogen-bond donors (Lipinski definition) is 2. The van der Waals surface area contributed by atoms with E-state index in [0.29, 0.717) is 0 Å². The second kappa shape index (κ2) is 4.81. The average molecular weight is 290 g/mol. The first-order valence-electron chi connectivity index (χ1n) is 5.98. The predicted octanol–water partition coefficient (Wildman–Crippen LogP) is 1.37. The second-order valence-corrected chi connectivity index (χ2v) is 6.67. The molecule has 0 saturated heterocycles. The van der Waals surface area contributed by atoms with Crippen LogP contribution in [0.25, 0.3) is 0 Å². The first kappa shape index (κ1) is 14.4. The molecule has 0 spiro atoms. The molecule has 1 aliphatic rings. The van der Waals surface area contributed by atoms with E-state index >= 15 is 0 Å². The summed E-state index contributed by atoms with van der Waals surface area (Å²) in [6, 6.07) is 2.94. The van der Waals surface area contributed by atoms with Crippen molar-refractivity contribution in [3.05, 3.63) is 29.8 Å². The molecule has 0 radical (unpaired) electrons. The smallest absolute Gasteiger partial charge is 0.246 e. The van der Waals surface area contributed by atoms with Crippen LogP contribution in [0.15, 0.2) is 23.1 Å². The maximum atomic E-state index is 13.6. The Morgan fingerprint density at radius 1 is 1.37 bits per heavy atom. The molecule has 1 aromatic carbocycles. The molecule has 106 valence electrons. The molecule has 0 bridgehead atoms. The molecule has 1 fully saturated rings. The van der Waals surface area contributed by atoms with Crippen LogP contribution in [0.1, 0.15) is 19.8 Å². The van der Waals surface area contributed by atoms with Crippen molar-refractivity contribution < 1.29 is 17.2 Å². The minimum absolute atomic E-state index is 0.0764. The topological polar surface area (TPSA) is 72.2 Å². The van der Waals surface area contributed by atoms with E-state index in [9.17, 15) is 17.2 Å². The molecule has 0 heterocycles. The zero-order valence-corrected chi connectivity index (χ0v) is 11.3. The Morgan fingerprint density at radius 3 is 2.32 bits per heavy atom. The number of benzene rings is 1. The Labute approximate surface area is 111 Å². The van der Waals surface area contributed by atoms with Gasteiger partial charge in [0.1, 0.15) is 11.6 Å². The average Bonchev–Trinajstić information content (AvgIpc) is 3.11. The molecular formula is C12H16F2N2O2S. The third kappa shape index (κ3) is 2.77. The molecule has 0 aromatic heterocycles. The summed E-state index contributed by atoms with van der Waals surface area (Å²) in [6.45, 7) is 1.73. The third-order valence-electron chi connectivity index (χ3n) is 3.46. The van der Waals surface area contributed by atoms with Gasteiger partial charge in [0.15, 0.2) is 4.90 Å². The van der Waals surface area contributed by atoms with E-state index in [1.165, 1.54) is 0 Å². The summed E-state index contributed by atoms with van der Waals surface area (Å²) in [5, 5.41) is 0. The molecule has 1 atom stereocenters. The van der Waals surface area contributed by atoms with Gasteiger partial charge in [-0.15, -0.1) is 0 Å². The fourth-order valence-electron chi connectivity index (χ4n) is 2.11. The molecule has 2 rings (SSSR count). The van der Waals surface area contributed by atoms with Crippen molar-refractivity contribution in [2.75, 3.05) is 6.54 Å². The van der Waals surface area contributed by atoms with E-state index in [1.54, 1.807) is 6.92 Å². The minimum Gasteiger partial charge on any atom is -0.329 e. The van der Waals surface area contributed by atoms with Gasteiger partial charge in [-0.05, 0) is 37.8 Å². The Morgan fingerprint density at radius 2 is 1.89 bits per heavy atom. The normalized spacial score (nSPS) is 19.2. The van der Waals surface area contributed by atoms with E-state index in [4.69, 9.17) is 5.73 Å². The predicted molar refractivity (Wildman–Crippen MR) is 66.9 cm³/mol. The number of nitrogens with two attached hydrogens (primary N) is 1. The van der Waals surface area contributed by atoms with Crippen molar-refractivity contribution in [1.82, 2.24) is 4.72 Å². The molecule has 4 nitrogen and oxygen atoms in total. The minimum atomic E-state index is -4.28. The van der Waals surface area contributed by atoms with Crippen molar-refractivity contribution in [3.63, 3.8) is 0 Å². The highest BCUT2D eigenvalue weighted by Crippen LogP contribution is 2.39. The summed E-state index contributed by atoms with van der Waals surface area (Å²) >= 11 is 0. The lowest BCUT2D eigenvalue weighted by Gasteiger charge is -2.29. The van der Waals surface area contributed by atoms with Gasteiger partial charge in [0.2, 0.25) is 10.0 Å². The number of hydrogen-bond acceptors (Lipinski definition) is 3. The van der Waals surface area contributed by atoms with Crippen LogP contribution in [0.4, 0.5) is 8.78 Å². The highest BCUT2D eigenvalue weighted by atomic mass is 32.2. The van der Waals surface area contributed by atoms with Gasteiger partial charge in [-0.1, -0.05) is 6.07 Å². The molecule has 1 aromatic rings. The van der Waals surface area contributed by atoms with Crippen LogP contribution in [0.3, 0.4) is 0 Å². The molecule has 1 unspecified atom stereocenters. The van der Waals surface area contributed by atoms with Crippen LogP contribution in [0, 0.1) is 17.6 Å². The molecule has 3 N–H and O–H groups in total. The van der Waals surface area contributed by atoms with Crippen LogP contribution in [0.5, 0.6) is 0 Å². The zero-order chi connectivity index (χ0) is 14.3. The number of halogens is 2. The van der Waals surface area contributed by atoms with Gasteiger partial charge in [-0.25, -0.2) is 21.9 Å². The van der Waals surface area contributed by atoms with E-state index < -0.39 is 32.1 Å². The highest BCUT2D eigenvalue weighted by Gasteiger charge is 2.44. The van der Waals surface area contributed by atoms with Crippen molar-refractivity contribution in [3.8, 4) is 0 Å². The summed E-state index contributed by atoms with van der Waals surface area (Å²) in [4.78, 5) is -0.949. The summed E-state index contributed by atoms with van der Waals surface area (Å²) in [5.41, 5.74) is 4.73.